The SMILES string of the molecule is O=C(c1cccs1)N(Cc1ccc(F)cc1F)CC1CC(c2cccs2)=NO1. The summed E-state index contributed by atoms with van der Waals surface area (Å²) in [5.41, 5.74) is 1.10. The summed E-state index contributed by atoms with van der Waals surface area (Å²) in [5, 5.41) is 7.92. The van der Waals surface area contributed by atoms with Crippen LogP contribution in [0.2, 0.25) is 0 Å². The molecule has 0 fully saturated rings. The summed E-state index contributed by atoms with van der Waals surface area (Å²) in [7, 11) is 0. The molecule has 3 aromatic rings. The van der Waals surface area contributed by atoms with E-state index in [1.165, 1.54) is 28.4 Å². The number of oxime groups is 1. The number of thiophene rings is 2. The van der Waals surface area contributed by atoms with Crippen LogP contribution in [0.25, 0.3) is 0 Å². The van der Waals surface area contributed by atoms with Crippen LogP contribution in [0.4, 0.5) is 8.78 Å². The van der Waals surface area contributed by atoms with Gasteiger partial charge in [-0.05, 0) is 29.0 Å². The number of benzene rings is 1. The summed E-state index contributed by atoms with van der Waals surface area (Å²) in [6.45, 7) is 0.281. The Labute approximate surface area is 168 Å². The van der Waals surface area contributed by atoms with Gasteiger partial charge in [-0.1, -0.05) is 23.4 Å². The van der Waals surface area contributed by atoms with Crippen molar-refractivity contribution in [3.05, 3.63) is 80.2 Å². The smallest absolute Gasteiger partial charge is 0.264 e. The zero-order valence-corrected chi connectivity index (χ0v) is 16.3. The van der Waals surface area contributed by atoms with Gasteiger partial charge in [0, 0.05) is 24.6 Å². The predicted octanol–water partition coefficient (Wildman–Crippen LogP) is 4.92. The van der Waals surface area contributed by atoms with Crippen molar-refractivity contribution in [2.45, 2.75) is 19.1 Å². The quantitative estimate of drug-likeness (QED) is 0.570. The molecule has 4 rings (SSSR count). The number of hydrogen-bond donors (Lipinski definition) is 0. The number of halogens is 2. The van der Waals surface area contributed by atoms with E-state index in [9.17, 15) is 13.6 Å². The molecule has 2 aromatic heterocycles. The summed E-state index contributed by atoms with van der Waals surface area (Å²) in [6, 6.07) is 10.8. The zero-order chi connectivity index (χ0) is 19.5. The lowest BCUT2D eigenvalue weighted by Crippen LogP contribution is -2.37. The second kappa shape index (κ2) is 8.20. The molecule has 28 heavy (non-hydrogen) atoms. The standard InChI is InChI=1S/C20H16F2N2O2S2/c21-14-6-5-13(16(22)9-14)11-24(20(25)19-4-2-8-28-19)12-15-10-17(23-26-15)18-3-1-7-27-18/h1-9,15H,10-12H2. The Morgan fingerprint density at radius 3 is 2.71 bits per heavy atom. The molecule has 1 aliphatic rings. The first kappa shape index (κ1) is 18.8. The maximum absolute atomic E-state index is 14.2. The lowest BCUT2D eigenvalue weighted by Gasteiger charge is -2.24. The van der Waals surface area contributed by atoms with Crippen LogP contribution < -0.4 is 0 Å². The molecule has 0 saturated carbocycles. The molecule has 1 amide bonds. The number of rotatable bonds is 6. The predicted molar refractivity (Wildman–Crippen MR) is 106 cm³/mol. The molecular formula is C20H16F2N2O2S2. The van der Waals surface area contributed by atoms with Crippen molar-refractivity contribution in [2.24, 2.45) is 5.16 Å². The maximum Gasteiger partial charge on any atom is 0.264 e. The van der Waals surface area contributed by atoms with Gasteiger partial charge in [0.15, 0.2) is 6.10 Å². The van der Waals surface area contributed by atoms with Crippen molar-refractivity contribution in [2.75, 3.05) is 6.54 Å². The molecule has 0 aliphatic carbocycles. The minimum atomic E-state index is -0.674. The van der Waals surface area contributed by atoms with Crippen molar-refractivity contribution in [3.63, 3.8) is 0 Å². The van der Waals surface area contributed by atoms with Gasteiger partial charge < -0.3 is 9.74 Å². The van der Waals surface area contributed by atoms with Crippen LogP contribution in [0.1, 0.15) is 26.5 Å². The van der Waals surface area contributed by atoms with E-state index < -0.39 is 11.6 Å². The molecule has 0 bridgehead atoms. The molecular weight excluding hydrogens is 402 g/mol. The highest BCUT2D eigenvalue weighted by atomic mass is 32.1. The minimum Gasteiger partial charge on any atom is -0.390 e. The van der Waals surface area contributed by atoms with Crippen molar-refractivity contribution in [3.8, 4) is 0 Å². The van der Waals surface area contributed by atoms with Gasteiger partial charge in [0.25, 0.3) is 5.91 Å². The normalized spacial score (nSPS) is 15.9. The second-order valence-corrected chi connectivity index (χ2v) is 8.24. The summed E-state index contributed by atoms with van der Waals surface area (Å²) in [5.74, 6) is -1.54. The van der Waals surface area contributed by atoms with Gasteiger partial charge in [0.2, 0.25) is 0 Å². The zero-order valence-electron chi connectivity index (χ0n) is 14.7. The Kier molecular flexibility index (Phi) is 5.50. The topological polar surface area (TPSA) is 41.9 Å². The lowest BCUT2D eigenvalue weighted by molar-refractivity contribution is 0.0406. The largest absolute Gasteiger partial charge is 0.390 e. The lowest BCUT2D eigenvalue weighted by atomic mass is 10.1. The highest BCUT2D eigenvalue weighted by Crippen LogP contribution is 2.23. The average molecular weight is 418 g/mol. The Hall–Kier alpha value is -2.58. The van der Waals surface area contributed by atoms with Crippen LogP contribution in [0.15, 0.2) is 58.4 Å². The summed E-state index contributed by atoms with van der Waals surface area (Å²) >= 11 is 2.90. The summed E-state index contributed by atoms with van der Waals surface area (Å²) in [4.78, 5) is 21.6. The van der Waals surface area contributed by atoms with E-state index in [1.54, 1.807) is 23.5 Å². The highest BCUT2D eigenvalue weighted by molar-refractivity contribution is 7.12. The van der Waals surface area contributed by atoms with E-state index >= 15 is 0 Å². The molecule has 4 nitrogen and oxygen atoms in total. The summed E-state index contributed by atoms with van der Waals surface area (Å²) in [6.07, 6.45) is 0.255. The molecule has 0 radical (unpaired) electrons. The maximum atomic E-state index is 14.2. The van der Waals surface area contributed by atoms with Gasteiger partial charge in [0.1, 0.15) is 17.3 Å². The minimum absolute atomic E-state index is 0.0248. The van der Waals surface area contributed by atoms with E-state index in [0.717, 1.165) is 16.7 Å². The van der Waals surface area contributed by atoms with Crippen LogP contribution in [-0.2, 0) is 11.4 Å². The number of amides is 1. The third kappa shape index (κ3) is 4.13. The van der Waals surface area contributed by atoms with Gasteiger partial charge in [0.05, 0.1) is 16.3 Å². The molecule has 3 heterocycles. The van der Waals surface area contributed by atoms with Crippen molar-refractivity contribution in [1.82, 2.24) is 4.90 Å². The van der Waals surface area contributed by atoms with E-state index in [2.05, 4.69) is 5.16 Å². The Morgan fingerprint density at radius 1 is 1.18 bits per heavy atom. The average Bonchev–Trinajstić information content (AvgIpc) is 3.44. The third-order valence-corrected chi connectivity index (χ3v) is 6.13. The van der Waals surface area contributed by atoms with E-state index in [4.69, 9.17) is 4.84 Å². The Morgan fingerprint density at radius 2 is 2.00 bits per heavy atom. The number of nitrogens with zero attached hydrogens (tertiary/aromatic N) is 2. The fourth-order valence-corrected chi connectivity index (χ4v) is 4.40. The van der Waals surface area contributed by atoms with Crippen LogP contribution in [-0.4, -0.2) is 29.2 Å². The first-order valence-electron chi connectivity index (χ1n) is 8.63. The summed E-state index contributed by atoms with van der Waals surface area (Å²) < 4.78 is 27.4. The Bertz CT molecular complexity index is 988. The number of hydrogen-bond acceptors (Lipinski definition) is 5. The molecule has 1 aliphatic heterocycles. The molecule has 0 N–H and O–H groups in total. The molecule has 144 valence electrons. The van der Waals surface area contributed by atoms with E-state index in [0.29, 0.717) is 11.3 Å². The van der Waals surface area contributed by atoms with E-state index in [-0.39, 0.29) is 30.7 Å². The van der Waals surface area contributed by atoms with Gasteiger partial charge >= 0.3 is 0 Å². The van der Waals surface area contributed by atoms with Crippen molar-refractivity contribution in [1.29, 1.82) is 0 Å². The van der Waals surface area contributed by atoms with E-state index in [1.807, 2.05) is 22.9 Å². The van der Waals surface area contributed by atoms with Gasteiger partial charge in [-0.25, -0.2) is 8.78 Å². The number of carbonyl (C=O) groups is 1. The molecule has 1 atom stereocenters. The highest BCUT2D eigenvalue weighted by Gasteiger charge is 2.28. The van der Waals surface area contributed by atoms with Crippen LogP contribution >= 0.6 is 22.7 Å². The van der Waals surface area contributed by atoms with Crippen molar-refractivity contribution < 1.29 is 18.4 Å². The Balaban J connectivity index is 1.51. The molecule has 0 saturated heterocycles. The van der Waals surface area contributed by atoms with Crippen LogP contribution in [0.3, 0.4) is 0 Å². The molecule has 0 spiro atoms. The van der Waals surface area contributed by atoms with Crippen LogP contribution in [0, 0.1) is 11.6 Å². The third-order valence-electron chi connectivity index (χ3n) is 4.36. The van der Waals surface area contributed by atoms with Crippen molar-refractivity contribution >= 4 is 34.3 Å². The molecule has 1 aromatic carbocycles. The fourth-order valence-electron chi connectivity index (χ4n) is 2.99. The van der Waals surface area contributed by atoms with Crippen LogP contribution in [0.5, 0.6) is 0 Å². The van der Waals surface area contributed by atoms with Gasteiger partial charge in [-0.15, -0.1) is 22.7 Å². The molecule has 1 unspecified atom stereocenters. The number of carbonyl (C=O) groups excluding carboxylic acids is 1. The first-order valence-corrected chi connectivity index (χ1v) is 10.4. The molecule has 8 heteroatoms. The van der Waals surface area contributed by atoms with Gasteiger partial charge in [-0.2, -0.15) is 0 Å². The van der Waals surface area contributed by atoms with Gasteiger partial charge in [-0.3, -0.25) is 4.79 Å². The monoisotopic (exact) mass is 418 g/mol. The first-order chi connectivity index (χ1) is 13.6. The fraction of sp³-hybridized carbons (Fsp3) is 0.200. The second-order valence-electron chi connectivity index (χ2n) is 6.35.